The summed E-state index contributed by atoms with van der Waals surface area (Å²) in [5.74, 6) is -0.365. The maximum Gasteiger partial charge on any atom is 0.339 e. The number of aromatic amines is 1. The van der Waals surface area contributed by atoms with Crippen molar-refractivity contribution in [2.45, 2.75) is 13.8 Å². The van der Waals surface area contributed by atoms with Crippen LogP contribution >= 0.6 is 0 Å². The molecule has 116 valence electrons. The van der Waals surface area contributed by atoms with Gasteiger partial charge >= 0.3 is 5.97 Å². The minimum Gasteiger partial charge on any atom is -0.465 e. The molecule has 0 saturated heterocycles. The van der Waals surface area contributed by atoms with E-state index in [4.69, 9.17) is 4.74 Å². The second kappa shape index (κ2) is 6.08. The molecule has 1 N–H and O–H groups in total. The van der Waals surface area contributed by atoms with Crippen LogP contribution in [-0.4, -0.2) is 23.8 Å². The first-order chi connectivity index (χ1) is 11.1. The van der Waals surface area contributed by atoms with Crippen molar-refractivity contribution < 1.29 is 9.53 Å². The Kier molecular flexibility index (Phi) is 3.98. The number of ether oxygens (including phenoxy) is 1. The molecule has 0 saturated carbocycles. The molecule has 0 atom stereocenters. The standard InChI is InChI=1S/C19H18N2O2/c1-12-9-10-16(20-12)18(14-7-5-4-6-8-14)17-11-15(13(2)21-17)19(22)23-3/h4-11,20H,1-3H3/b18-17-. The van der Waals surface area contributed by atoms with E-state index in [2.05, 4.69) is 9.98 Å². The second-order valence-corrected chi connectivity index (χ2v) is 5.43. The number of aromatic nitrogens is 1. The number of nitrogens with zero attached hydrogens (tertiary/aromatic N) is 1. The van der Waals surface area contributed by atoms with Gasteiger partial charge < -0.3 is 9.72 Å². The van der Waals surface area contributed by atoms with Gasteiger partial charge in [0.1, 0.15) is 0 Å². The fourth-order valence-electron chi connectivity index (χ4n) is 2.66. The topological polar surface area (TPSA) is 54.5 Å². The third kappa shape index (κ3) is 2.88. The third-order valence-corrected chi connectivity index (χ3v) is 3.78. The average Bonchev–Trinajstić information content (AvgIpc) is 3.14. The SMILES string of the molecule is COC(=O)C1=C/C(=C(\c2ccccc2)c2ccc(C)[nH]2)N=C1C. The quantitative estimate of drug-likeness (QED) is 0.880. The number of hydrogen-bond donors (Lipinski definition) is 1. The second-order valence-electron chi connectivity index (χ2n) is 5.43. The van der Waals surface area contributed by atoms with E-state index in [1.807, 2.05) is 56.3 Å². The van der Waals surface area contributed by atoms with Crippen molar-refractivity contribution in [1.29, 1.82) is 0 Å². The normalized spacial score (nSPS) is 16.0. The highest BCUT2D eigenvalue weighted by atomic mass is 16.5. The van der Waals surface area contributed by atoms with Crippen LogP contribution < -0.4 is 0 Å². The number of aryl methyl sites for hydroxylation is 1. The Hall–Kier alpha value is -2.88. The van der Waals surface area contributed by atoms with Crippen LogP contribution in [0.5, 0.6) is 0 Å². The van der Waals surface area contributed by atoms with Gasteiger partial charge in [-0.1, -0.05) is 30.3 Å². The molecule has 0 amide bonds. The molecule has 1 aliphatic rings. The lowest BCUT2D eigenvalue weighted by Crippen LogP contribution is -2.09. The lowest BCUT2D eigenvalue weighted by atomic mass is 10.0. The van der Waals surface area contributed by atoms with Gasteiger partial charge in [0, 0.05) is 17.0 Å². The highest BCUT2D eigenvalue weighted by molar-refractivity contribution is 6.21. The molecule has 0 fully saturated rings. The Morgan fingerprint density at radius 1 is 1.09 bits per heavy atom. The molecule has 2 heterocycles. The van der Waals surface area contributed by atoms with Crippen molar-refractivity contribution in [2.24, 2.45) is 4.99 Å². The Bertz CT molecular complexity index is 839. The monoisotopic (exact) mass is 306 g/mol. The van der Waals surface area contributed by atoms with Gasteiger partial charge in [-0.05, 0) is 37.6 Å². The predicted molar refractivity (Wildman–Crippen MR) is 91.2 cm³/mol. The zero-order chi connectivity index (χ0) is 16.4. The van der Waals surface area contributed by atoms with E-state index >= 15 is 0 Å². The summed E-state index contributed by atoms with van der Waals surface area (Å²) in [5, 5.41) is 0. The van der Waals surface area contributed by atoms with E-state index in [0.717, 1.165) is 28.2 Å². The summed E-state index contributed by atoms with van der Waals surface area (Å²) in [7, 11) is 1.38. The molecule has 1 aromatic carbocycles. The number of aliphatic imine (C=N–C) groups is 1. The lowest BCUT2D eigenvalue weighted by Gasteiger charge is -2.08. The number of allylic oxidation sites excluding steroid dienone is 1. The number of methoxy groups -OCH3 is 1. The molecule has 1 aromatic heterocycles. The first-order valence-electron chi connectivity index (χ1n) is 7.41. The van der Waals surface area contributed by atoms with E-state index in [9.17, 15) is 4.79 Å². The minimum atomic E-state index is -0.365. The smallest absolute Gasteiger partial charge is 0.339 e. The Morgan fingerprint density at radius 2 is 1.83 bits per heavy atom. The molecule has 3 rings (SSSR count). The summed E-state index contributed by atoms with van der Waals surface area (Å²) in [4.78, 5) is 19.8. The summed E-state index contributed by atoms with van der Waals surface area (Å²) < 4.78 is 4.83. The van der Waals surface area contributed by atoms with Crippen LogP contribution in [0, 0.1) is 6.92 Å². The van der Waals surface area contributed by atoms with Crippen molar-refractivity contribution in [1.82, 2.24) is 4.98 Å². The van der Waals surface area contributed by atoms with Crippen LogP contribution in [0.25, 0.3) is 5.57 Å². The summed E-state index contributed by atoms with van der Waals surface area (Å²) >= 11 is 0. The maximum absolute atomic E-state index is 11.9. The Balaban J connectivity index is 2.21. The van der Waals surface area contributed by atoms with E-state index in [0.29, 0.717) is 11.3 Å². The van der Waals surface area contributed by atoms with Crippen LogP contribution in [0.1, 0.15) is 23.9 Å². The molecule has 0 spiro atoms. The van der Waals surface area contributed by atoms with Gasteiger partial charge in [-0.25, -0.2) is 4.79 Å². The molecule has 2 aromatic rings. The van der Waals surface area contributed by atoms with Crippen molar-refractivity contribution >= 4 is 17.3 Å². The summed E-state index contributed by atoms with van der Waals surface area (Å²) in [6.07, 6.45) is 1.79. The third-order valence-electron chi connectivity index (χ3n) is 3.78. The number of H-pyrrole nitrogens is 1. The molecule has 0 radical (unpaired) electrons. The van der Waals surface area contributed by atoms with Crippen LogP contribution in [0.3, 0.4) is 0 Å². The Morgan fingerprint density at radius 3 is 2.43 bits per heavy atom. The summed E-state index contributed by atoms with van der Waals surface area (Å²) in [6.45, 7) is 3.83. The lowest BCUT2D eigenvalue weighted by molar-refractivity contribution is -0.135. The van der Waals surface area contributed by atoms with Gasteiger partial charge in [0.05, 0.1) is 24.1 Å². The van der Waals surface area contributed by atoms with Gasteiger partial charge in [0.2, 0.25) is 0 Å². The number of benzene rings is 1. The van der Waals surface area contributed by atoms with Gasteiger partial charge in [-0.2, -0.15) is 0 Å². The van der Waals surface area contributed by atoms with Gasteiger partial charge in [-0.15, -0.1) is 0 Å². The fraction of sp³-hybridized carbons (Fsp3) is 0.158. The number of hydrogen-bond acceptors (Lipinski definition) is 3. The van der Waals surface area contributed by atoms with Gasteiger partial charge in [-0.3, -0.25) is 4.99 Å². The number of nitrogens with one attached hydrogen (secondary N) is 1. The molecular weight excluding hydrogens is 288 g/mol. The largest absolute Gasteiger partial charge is 0.465 e. The first kappa shape index (κ1) is 15.0. The molecule has 23 heavy (non-hydrogen) atoms. The van der Waals surface area contributed by atoms with Crippen molar-refractivity contribution in [3.63, 3.8) is 0 Å². The minimum absolute atomic E-state index is 0.365. The molecule has 0 unspecified atom stereocenters. The highest BCUT2D eigenvalue weighted by Gasteiger charge is 2.22. The van der Waals surface area contributed by atoms with E-state index in [-0.39, 0.29) is 5.97 Å². The number of esters is 1. The first-order valence-corrected chi connectivity index (χ1v) is 7.41. The summed E-state index contributed by atoms with van der Waals surface area (Å²) in [5.41, 5.74) is 5.99. The number of rotatable bonds is 3. The average molecular weight is 306 g/mol. The van der Waals surface area contributed by atoms with Crippen LogP contribution in [0.4, 0.5) is 0 Å². The van der Waals surface area contributed by atoms with Gasteiger partial charge in [0.25, 0.3) is 0 Å². The van der Waals surface area contributed by atoms with E-state index in [1.54, 1.807) is 6.08 Å². The summed E-state index contributed by atoms with van der Waals surface area (Å²) in [6, 6.07) is 14.1. The number of carbonyl (C=O) groups is 1. The molecule has 4 nitrogen and oxygen atoms in total. The fourth-order valence-corrected chi connectivity index (χ4v) is 2.66. The molecule has 0 aliphatic carbocycles. The molecule has 1 aliphatic heterocycles. The molecule has 0 bridgehead atoms. The zero-order valence-corrected chi connectivity index (χ0v) is 13.4. The van der Waals surface area contributed by atoms with Crippen molar-refractivity contribution in [3.05, 3.63) is 76.8 Å². The van der Waals surface area contributed by atoms with Crippen LogP contribution in [0.2, 0.25) is 0 Å². The molecular formula is C19H18N2O2. The van der Waals surface area contributed by atoms with Gasteiger partial charge in [0.15, 0.2) is 0 Å². The number of carbonyl (C=O) groups excluding carboxylic acids is 1. The molecule has 4 heteroatoms. The Labute approximate surface area is 135 Å². The highest BCUT2D eigenvalue weighted by Crippen LogP contribution is 2.31. The van der Waals surface area contributed by atoms with E-state index < -0.39 is 0 Å². The zero-order valence-electron chi connectivity index (χ0n) is 13.4. The predicted octanol–water partition coefficient (Wildman–Crippen LogP) is 3.66. The maximum atomic E-state index is 11.9. The van der Waals surface area contributed by atoms with Crippen molar-refractivity contribution in [3.8, 4) is 0 Å². The van der Waals surface area contributed by atoms with Crippen LogP contribution in [0.15, 0.2) is 64.8 Å². The van der Waals surface area contributed by atoms with Crippen molar-refractivity contribution in [2.75, 3.05) is 7.11 Å². The van der Waals surface area contributed by atoms with Crippen LogP contribution in [-0.2, 0) is 9.53 Å². The van der Waals surface area contributed by atoms with E-state index in [1.165, 1.54) is 7.11 Å².